The third-order valence-corrected chi connectivity index (χ3v) is 5.72. The van der Waals surface area contributed by atoms with Crippen molar-refractivity contribution < 1.29 is 4.74 Å². The Morgan fingerprint density at radius 1 is 0.921 bits per heavy atom. The molecule has 3 N–H and O–H groups in total. The number of anilines is 3. The Morgan fingerprint density at radius 3 is 2.39 bits per heavy atom. The number of nitrogens with one attached hydrogen (secondary N) is 1. The Kier molecular flexibility index (Phi) is 10.3. The topological polar surface area (TPSA) is 117 Å². The van der Waals surface area contributed by atoms with Crippen molar-refractivity contribution in [3.8, 4) is 11.5 Å². The van der Waals surface area contributed by atoms with E-state index in [-0.39, 0.29) is 5.95 Å². The number of aryl methyl sites for hydroxylation is 2. The van der Waals surface area contributed by atoms with Crippen LogP contribution >= 0.6 is 0 Å². The van der Waals surface area contributed by atoms with Crippen LogP contribution in [0.5, 0.6) is 11.5 Å². The first-order valence-electron chi connectivity index (χ1n) is 13.2. The third kappa shape index (κ3) is 7.15. The van der Waals surface area contributed by atoms with E-state index in [9.17, 15) is 0 Å². The first-order chi connectivity index (χ1) is 18.5. The van der Waals surface area contributed by atoms with Gasteiger partial charge in [-0.1, -0.05) is 53.4 Å². The summed E-state index contributed by atoms with van der Waals surface area (Å²) in [5.41, 5.74) is 10.6. The van der Waals surface area contributed by atoms with E-state index >= 15 is 0 Å². The largest absolute Gasteiger partial charge is 0.457 e. The number of aromatic nitrogens is 6. The minimum atomic E-state index is 0.171. The molecule has 0 aliphatic rings. The highest BCUT2D eigenvalue weighted by Gasteiger charge is 2.09. The summed E-state index contributed by atoms with van der Waals surface area (Å²) in [6.07, 6.45) is 10.4. The highest BCUT2D eigenvalue weighted by Crippen LogP contribution is 2.30. The van der Waals surface area contributed by atoms with E-state index in [4.69, 9.17) is 10.5 Å². The number of ether oxygens (including phenoxy) is 1. The van der Waals surface area contributed by atoms with E-state index in [0.717, 1.165) is 33.8 Å². The maximum Gasteiger partial charge on any atom is 0.220 e. The molecule has 0 saturated heterocycles. The summed E-state index contributed by atoms with van der Waals surface area (Å²) in [4.78, 5) is 21.0. The molecule has 0 amide bonds. The Morgan fingerprint density at radius 2 is 1.68 bits per heavy atom. The quantitative estimate of drug-likeness (QED) is 0.217. The molecule has 0 spiro atoms. The number of rotatable bonds is 7. The number of fused-ring (bicyclic) bond motifs is 2. The molecule has 38 heavy (non-hydrogen) atoms. The van der Waals surface area contributed by atoms with Crippen molar-refractivity contribution in [1.82, 2.24) is 29.5 Å². The van der Waals surface area contributed by atoms with Gasteiger partial charge in [0.15, 0.2) is 5.82 Å². The highest BCUT2D eigenvalue weighted by molar-refractivity contribution is 5.87. The molecule has 3 aromatic heterocycles. The smallest absolute Gasteiger partial charge is 0.220 e. The molecular weight excluding hydrogens is 476 g/mol. The monoisotopic (exact) mass is 514 g/mol. The number of nitrogens with two attached hydrogens (primary N) is 1. The van der Waals surface area contributed by atoms with E-state index in [1.807, 2.05) is 68.8 Å². The molecule has 5 aromatic rings. The molecule has 0 atom stereocenters. The zero-order chi connectivity index (χ0) is 27.5. The van der Waals surface area contributed by atoms with Gasteiger partial charge in [0.2, 0.25) is 5.95 Å². The molecule has 0 unspecified atom stereocenters. The van der Waals surface area contributed by atoms with Crippen molar-refractivity contribution in [2.45, 2.75) is 60.3 Å². The molecule has 0 fully saturated rings. The summed E-state index contributed by atoms with van der Waals surface area (Å²) < 4.78 is 8.05. The van der Waals surface area contributed by atoms with E-state index in [0.29, 0.717) is 16.9 Å². The van der Waals surface area contributed by atoms with Gasteiger partial charge in [0.05, 0.1) is 23.6 Å². The second-order valence-corrected chi connectivity index (χ2v) is 8.60. The molecule has 0 radical (unpaired) electrons. The molecular formula is C29H38N8O. The van der Waals surface area contributed by atoms with Crippen LogP contribution in [0.3, 0.4) is 0 Å². The van der Waals surface area contributed by atoms with Gasteiger partial charge in [-0.15, -0.1) is 0 Å². The molecule has 9 heteroatoms. The first-order valence-corrected chi connectivity index (χ1v) is 13.2. The molecule has 0 saturated carbocycles. The Bertz CT molecular complexity index is 1460. The lowest BCUT2D eigenvalue weighted by molar-refractivity contribution is 0.479. The summed E-state index contributed by atoms with van der Waals surface area (Å²) in [5, 5.41) is 3.27. The van der Waals surface area contributed by atoms with Gasteiger partial charge < -0.3 is 20.4 Å². The van der Waals surface area contributed by atoms with E-state index < -0.39 is 0 Å². The molecule has 0 aliphatic carbocycles. The van der Waals surface area contributed by atoms with Crippen LogP contribution < -0.4 is 15.8 Å². The lowest BCUT2D eigenvalue weighted by Crippen LogP contribution is -2.01. The Labute approximate surface area is 224 Å². The molecule has 2 aromatic carbocycles. The number of hydrogen-bond acceptors (Lipinski definition) is 8. The standard InChI is InChI=1S/C21H18N8O.C6H14.C2H6/c1-12-7-13(27-20-19-16(24-10-25-20)9-23-21(22)28-19)3-6-18(12)30-14-4-5-17-15(8-14)26-11-29(17)2;1-3-5-6-4-2;1-2/h3-11H,1-2H3,(H2,22,23,28)(H,24,25,27);3-6H2,1-2H3;1-2H3. The SMILES string of the molecule is CC.CCCCCC.Cc1cc(Nc2ncnc3cnc(N)nc23)ccc1Oc1ccc2c(c1)ncn2C. The molecule has 9 nitrogen and oxygen atoms in total. The summed E-state index contributed by atoms with van der Waals surface area (Å²) in [6, 6.07) is 11.7. The van der Waals surface area contributed by atoms with Gasteiger partial charge in [-0.2, -0.15) is 0 Å². The Balaban J connectivity index is 0.000000443. The lowest BCUT2D eigenvalue weighted by Gasteiger charge is -2.12. The van der Waals surface area contributed by atoms with Crippen molar-refractivity contribution >= 4 is 39.5 Å². The fraction of sp³-hybridized carbons (Fsp3) is 0.345. The molecule has 0 bridgehead atoms. The average molecular weight is 515 g/mol. The van der Waals surface area contributed by atoms with Crippen molar-refractivity contribution in [2.24, 2.45) is 7.05 Å². The number of hydrogen-bond donors (Lipinski definition) is 2. The summed E-state index contributed by atoms with van der Waals surface area (Å²) >= 11 is 0. The second-order valence-electron chi connectivity index (χ2n) is 8.60. The van der Waals surface area contributed by atoms with Crippen LogP contribution in [0, 0.1) is 6.92 Å². The van der Waals surface area contributed by atoms with Gasteiger partial charge in [-0.05, 0) is 42.8 Å². The number of unbranched alkanes of at least 4 members (excludes halogenated alkanes) is 3. The molecule has 200 valence electrons. The van der Waals surface area contributed by atoms with Crippen LogP contribution in [-0.4, -0.2) is 29.5 Å². The lowest BCUT2D eigenvalue weighted by atomic mass is 10.2. The predicted molar refractivity (Wildman–Crippen MR) is 156 cm³/mol. The number of imidazole rings is 1. The van der Waals surface area contributed by atoms with Crippen molar-refractivity contribution in [1.29, 1.82) is 0 Å². The summed E-state index contributed by atoms with van der Waals surface area (Å²) in [6.45, 7) is 10.4. The van der Waals surface area contributed by atoms with Crippen LogP contribution in [0.2, 0.25) is 0 Å². The van der Waals surface area contributed by atoms with E-state index in [1.54, 1.807) is 12.5 Å². The maximum atomic E-state index is 6.08. The summed E-state index contributed by atoms with van der Waals surface area (Å²) in [7, 11) is 1.97. The minimum absolute atomic E-state index is 0.171. The van der Waals surface area contributed by atoms with Crippen molar-refractivity contribution in [3.05, 3.63) is 60.8 Å². The zero-order valence-electron chi connectivity index (χ0n) is 23.2. The predicted octanol–water partition coefficient (Wildman–Crippen LogP) is 7.35. The number of benzene rings is 2. The van der Waals surface area contributed by atoms with Crippen molar-refractivity contribution in [3.63, 3.8) is 0 Å². The Hall–Kier alpha value is -4.27. The molecule has 3 heterocycles. The number of nitrogens with zero attached hydrogens (tertiary/aromatic N) is 6. The fourth-order valence-electron chi connectivity index (χ4n) is 3.74. The van der Waals surface area contributed by atoms with Gasteiger partial charge >= 0.3 is 0 Å². The minimum Gasteiger partial charge on any atom is -0.457 e. The average Bonchev–Trinajstić information content (AvgIpc) is 3.30. The van der Waals surface area contributed by atoms with Gasteiger partial charge in [-0.25, -0.2) is 24.9 Å². The van der Waals surface area contributed by atoms with Crippen LogP contribution in [0.1, 0.15) is 58.9 Å². The van der Waals surface area contributed by atoms with E-state index in [1.165, 1.54) is 32.0 Å². The van der Waals surface area contributed by atoms with Gasteiger partial charge in [0, 0.05) is 18.8 Å². The van der Waals surface area contributed by atoms with Gasteiger partial charge in [0.25, 0.3) is 0 Å². The van der Waals surface area contributed by atoms with Gasteiger partial charge in [0.1, 0.15) is 28.9 Å². The van der Waals surface area contributed by atoms with Crippen LogP contribution in [-0.2, 0) is 7.05 Å². The molecule has 5 rings (SSSR count). The highest BCUT2D eigenvalue weighted by atomic mass is 16.5. The normalized spacial score (nSPS) is 10.4. The maximum absolute atomic E-state index is 6.08. The first kappa shape index (κ1) is 28.3. The third-order valence-electron chi connectivity index (χ3n) is 5.72. The zero-order valence-corrected chi connectivity index (χ0v) is 23.2. The fourth-order valence-corrected chi connectivity index (χ4v) is 3.74. The molecule has 0 aliphatic heterocycles. The second kappa shape index (κ2) is 13.9. The van der Waals surface area contributed by atoms with Gasteiger partial charge in [-0.3, -0.25) is 0 Å². The van der Waals surface area contributed by atoms with Crippen LogP contribution in [0.25, 0.3) is 22.1 Å². The summed E-state index contributed by atoms with van der Waals surface area (Å²) in [5.74, 6) is 2.22. The van der Waals surface area contributed by atoms with Crippen molar-refractivity contribution in [2.75, 3.05) is 11.1 Å². The van der Waals surface area contributed by atoms with E-state index in [2.05, 4.69) is 44.1 Å². The van der Waals surface area contributed by atoms with Crippen LogP contribution in [0.4, 0.5) is 17.5 Å². The van der Waals surface area contributed by atoms with Crippen LogP contribution in [0.15, 0.2) is 55.2 Å². The number of nitrogen functional groups attached to an aromatic ring is 1.